The van der Waals surface area contributed by atoms with Gasteiger partial charge < -0.3 is 9.29 Å². The van der Waals surface area contributed by atoms with Gasteiger partial charge in [0.1, 0.15) is 0 Å². The lowest BCUT2D eigenvalue weighted by Crippen LogP contribution is -2.20. The molecule has 1 aliphatic carbocycles. The molecule has 0 aromatic rings. The molecule has 0 radical (unpaired) electrons. The third-order valence-corrected chi connectivity index (χ3v) is 3.13. The van der Waals surface area contributed by atoms with Crippen LogP contribution in [-0.4, -0.2) is 27.1 Å². The maximum absolute atomic E-state index is 10.9. The molecule has 0 aliphatic heterocycles. The number of methoxy groups -OCH3 is 1. The molecule has 4 nitrogen and oxygen atoms in total. The number of ether oxygens (including phenoxy) is 1. The Kier molecular flexibility index (Phi) is 3.87. The van der Waals surface area contributed by atoms with Gasteiger partial charge in [0.25, 0.3) is 0 Å². The van der Waals surface area contributed by atoms with Crippen LogP contribution in [-0.2, 0) is 20.6 Å². The SMILES string of the molecule is COC(=O)CC(CC1CC1)S(=O)O. The van der Waals surface area contributed by atoms with E-state index in [2.05, 4.69) is 4.74 Å². The highest BCUT2D eigenvalue weighted by molar-refractivity contribution is 7.79. The maximum atomic E-state index is 10.9. The molecule has 5 heteroatoms. The highest BCUT2D eigenvalue weighted by atomic mass is 32.2. The Bertz CT molecular complexity index is 212. The first-order chi connectivity index (χ1) is 6.13. The Morgan fingerprint density at radius 1 is 1.69 bits per heavy atom. The standard InChI is InChI=1S/C8H14O4S/c1-12-8(9)5-7(13(10)11)4-6-2-3-6/h6-7H,2-5H2,1H3,(H,10,11). The molecule has 0 bridgehead atoms. The second kappa shape index (κ2) is 4.72. The van der Waals surface area contributed by atoms with Crippen LogP contribution in [0.3, 0.4) is 0 Å². The van der Waals surface area contributed by atoms with Crippen LogP contribution in [0.25, 0.3) is 0 Å². The number of esters is 1. The Labute approximate surface area is 79.9 Å². The maximum Gasteiger partial charge on any atom is 0.306 e. The van der Waals surface area contributed by atoms with Crippen LogP contribution in [0.2, 0.25) is 0 Å². The van der Waals surface area contributed by atoms with Crippen molar-refractivity contribution in [1.82, 2.24) is 0 Å². The van der Waals surface area contributed by atoms with Crippen molar-refractivity contribution in [2.75, 3.05) is 7.11 Å². The molecule has 2 unspecified atom stereocenters. The van der Waals surface area contributed by atoms with E-state index in [0.717, 1.165) is 12.8 Å². The van der Waals surface area contributed by atoms with Gasteiger partial charge in [0.15, 0.2) is 11.1 Å². The molecule has 13 heavy (non-hydrogen) atoms. The summed E-state index contributed by atoms with van der Waals surface area (Å²) >= 11 is -1.91. The lowest BCUT2D eigenvalue weighted by atomic mass is 10.2. The number of carbonyl (C=O) groups excluding carboxylic acids is 1. The predicted molar refractivity (Wildman–Crippen MR) is 48.5 cm³/mol. The van der Waals surface area contributed by atoms with Crippen LogP contribution < -0.4 is 0 Å². The third-order valence-electron chi connectivity index (χ3n) is 2.20. The van der Waals surface area contributed by atoms with Crippen molar-refractivity contribution in [1.29, 1.82) is 0 Å². The van der Waals surface area contributed by atoms with Gasteiger partial charge in [0.05, 0.1) is 18.8 Å². The third kappa shape index (κ3) is 3.87. The van der Waals surface area contributed by atoms with Crippen molar-refractivity contribution >= 4 is 17.0 Å². The summed E-state index contributed by atoms with van der Waals surface area (Å²) in [6, 6.07) is 0. The molecular formula is C8H14O4S. The molecular weight excluding hydrogens is 192 g/mol. The Morgan fingerprint density at radius 3 is 2.69 bits per heavy atom. The monoisotopic (exact) mass is 206 g/mol. The Balaban J connectivity index is 2.36. The lowest BCUT2D eigenvalue weighted by molar-refractivity contribution is -0.140. The first kappa shape index (κ1) is 10.7. The first-order valence-electron chi connectivity index (χ1n) is 4.30. The molecule has 0 spiro atoms. The van der Waals surface area contributed by atoms with Gasteiger partial charge in [0, 0.05) is 0 Å². The zero-order valence-corrected chi connectivity index (χ0v) is 8.38. The molecule has 1 fully saturated rings. The van der Waals surface area contributed by atoms with Crippen LogP contribution in [0.1, 0.15) is 25.7 Å². The minimum atomic E-state index is -1.91. The molecule has 0 amide bonds. The van der Waals surface area contributed by atoms with Gasteiger partial charge in [-0.25, -0.2) is 4.21 Å². The summed E-state index contributed by atoms with van der Waals surface area (Å²) in [6.07, 6.45) is 2.96. The normalized spacial score (nSPS) is 20.8. The van der Waals surface area contributed by atoms with E-state index in [1.807, 2.05) is 0 Å². The molecule has 0 saturated heterocycles. The van der Waals surface area contributed by atoms with Gasteiger partial charge in [-0.15, -0.1) is 0 Å². The van der Waals surface area contributed by atoms with E-state index in [1.165, 1.54) is 7.11 Å². The summed E-state index contributed by atoms with van der Waals surface area (Å²) in [6.45, 7) is 0. The van der Waals surface area contributed by atoms with E-state index in [4.69, 9.17) is 4.55 Å². The van der Waals surface area contributed by atoms with Crippen molar-refractivity contribution in [2.45, 2.75) is 30.9 Å². The minimum absolute atomic E-state index is 0.0517. The van der Waals surface area contributed by atoms with E-state index >= 15 is 0 Å². The fraction of sp³-hybridized carbons (Fsp3) is 0.875. The van der Waals surface area contributed by atoms with Crippen LogP contribution in [0.4, 0.5) is 0 Å². The molecule has 1 saturated carbocycles. The van der Waals surface area contributed by atoms with Crippen LogP contribution in [0, 0.1) is 5.92 Å². The first-order valence-corrected chi connectivity index (χ1v) is 5.47. The molecule has 1 N–H and O–H groups in total. The second-order valence-electron chi connectivity index (χ2n) is 3.36. The topological polar surface area (TPSA) is 63.6 Å². The highest BCUT2D eigenvalue weighted by Crippen LogP contribution is 2.35. The van der Waals surface area contributed by atoms with Crippen molar-refractivity contribution < 1.29 is 18.3 Å². The molecule has 76 valence electrons. The number of carbonyl (C=O) groups is 1. The lowest BCUT2D eigenvalue weighted by Gasteiger charge is -2.10. The van der Waals surface area contributed by atoms with E-state index in [1.54, 1.807) is 0 Å². The van der Waals surface area contributed by atoms with Crippen molar-refractivity contribution in [3.8, 4) is 0 Å². The Hall–Kier alpha value is -0.420. The van der Waals surface area contributed by atoms with Gasteiger partial charge in [-0.05, 0) is 12.3 Å². The summed E-state index contributed by atoms with van der Waals surface area (Å²) in [5, 5.41) is -0.444. The number of hydrogen-bond donors (Lipinski definition) is 1. The molecule has 0 heterocycles. The van der Waals surface area contributed by atoms with E-state index in [9.17, 15) is 9.00 Å². The quantitative estimate of drug-likeness (QED) is 0.537. The van der Waals surface area contributed by atoms with Gasteiger partial charge >= 0.3 is 5.97 Å². The largest absolute Gasteiger partial charge is 0.469 e. The average Bonchev–Trinajstić information content (AvgIpc) is 2.86. The van der Waals surface area contributed by atoms with Crippen molar-refractivity contribution in [2.24, 2.45) is 5.92 Å². The van der Waals surface area contributed by atoms with Crippen LogP contribution in [0.15, 0.2) is 0 Å². The smallest absolute Gasteiger partial charge is 0.306 e. The molecule has 0 aromatic heterocycles. The average molecular weight is 206 g/mol. The van der Waals surface area contributed by atoms with Gasteiger partial charge in [0.2, 0.25) is 0 Å². The summed E-state index contributed by atoms with van der Waals surface area (Å²) in [5.74, 6) is 0.138. The number of rotatable bonds is 5. The minimum Gasteiger partial charge on any atom is -0.469 e. The fourth-order valence-electron chi connectivity index (χ4n) is 1.23. The molecule has 1 aliphatic rings. The summed E-state index contributed by atoms with van der Waals surface area (Å²) in [7, 11) is 1.29. The van der Waals surface area contributed by atoms with E-state index in [0.29, 0.717) is 12.3 Å². The summed E-state index contributed by atoms with van der Waals surface area (Å²) in [4.78, 5) is 10.9. The van der Waals surface area contributed by atoms with Gasteiger partial charge in [-0.3, -0.25) is 4.79 Å². The van der Waals surface area contributed by atoms with Crippen molar-refractivity contribution in [3.63, 3.8) is 0 Å². The fourth-order valence-corrected chi connectivity index (χ4v) is 1.95. The van der Waals surface area contributed by atoms with E-state index < -0.39 is 22.3 Å². The summed E-state index contributed by atoms with van der Waals surface area (Å²) < 4.78 is 24.2. The van der Waals surface area contributed by atoms with Crippen LogP contribution >= 0.6 is 0 Å². The molecule has 1 rings (SSSR count). The number of hydrogen-bond acceptors (Lipinski definition) is 3. The second-order valence-corrected chi connectivity index (χ2v) is 4.58. The van der Waals surface area contributed by atoms with Crippen molar-refractivity contribution in [3.05, 3.63) is 0 Å². The van der Waals surface area contributed by atoms with E-state index in [-0.39, 0.29) is 6.42 Å². The van der Waals surface area contributed by atoms with Gasteiger partial charge in [-0.1, -0.05) is 12.8 Å². The highest BCUT2D eigenvalue weighted by Gasteiger charge is 2.29. The van der Waals surface area contributed by atoms with Gasteiger partial charge in [-0.2, -0.15) is 0 Å². The zero-order valence-electron chi connectivity index (χ0n) is 7.56. The summed E-state index contributed by atoms with van der Waals surface area (Å²) in [5.41, 5.74) is 0. The van der Waals surface area contributed by atoms with Crippen LogP contribution in [0.5, 0.6) is 0 Å². The zero-order chi connectivity index (χ0) is 9.84. The molecule has 0 aromatic carbocycles. The predicted octanol–water partition coefficient (Wildman–Crippen LogP) is 0.940. The Morgan fingerprint density at radius 2 is 2.31 bits per heavy atom. The molecule has 2 atom stereocenters.